The smallest absolute Gasteiger partial charge is 0.263 e. The minimum Gasteiger partial charge on any atom is -0.504 e. The van der Waals surface area contributed by atoms with Crippen LogP contribution in [0.15, 0.2) is 78.1 Å². The van der Waals surface area contributed by atoms with Crippen molar-refractivity contribution < 1.29 is 23.1 Å². The second-order valence-electron chi connectivity index (χ2n) is 10.7. The van der Waals surface area contributed by atoms with E-state index >= 15 is 0 Å². The van der Waals surface area contributed by atoms with Crippen molar-refractivity contribution in [3.8, 4) is 0 Å². The third kappa shape index (κ3) is 10.2. The summed E-state index contributed by atoms with van der Waals surface area (Å²) in [5.41, 5.74) is 4.17. The van der Waals surface area contributed by atoms with Crippen LogP contribution < -0.4 is 4.90 Å². The van der Waals surface area contributed by atoms with Gasteiger partial charge in [0, 0.05) is 38.3 Å². The number of fused-ring (bicyclic) bond motifs is 1. The van der Waals surface area contributed by atoms with Gasteiger partial charge in [-0.15, -0.1) is 0 Å². The molecule has 0 N–H and O–H groups in total. The van der Waals surface area contributed by atoms with E-state index in [4.69, 9.17) is 4.74 Å². The molecular formula is C36H49F2N3O3. The summed E-state index contributed by atoms with van der Waals surface area (Å²) < 4.78 is 28.6. The Kier molecular flexibility index (Phi) is 15.5. The molecule has 0 aromatic heterocycles. The normalized spacial score (nSPS) is 16.8. The lowest BCUT2D eigenvalue weighted by Gasteiger charge is -2.36. The third-order valence-corrected chi connectivity index (χ3v) is 7.48. The summed E-state index contributed by atoms with van der Waals surface area (Å²) in [6.45, 7) is 13.7. The highest BCUT2D eigenvalue weighted by molar-refractivity contribution is 6.24. The van der Waals surface area contributed by atoms with Crippen LogP contribution in [-0.4, -0.2) is 68.6 Å². The van der Waals surface area contributed by atoms with Crippen molar-refractivity contribution >= 4 is 17.5 Å². The zero-order chi connectivity index (χ0) is 32.6. The molecule has 1 saturated carbocycles. The van der Waals surface area contributed by atoms with E-state index in [0.29, 0.717) is 43.5 Å². The molecule has 0 unspecified atom stereocenters. The summed E-state index contributed by atoms with van der Waals surface area (Å²) in [5.74, 6) is 0.355. The van der Waals surface area contributed by atoms with E-state index < -0.39 is 0 Å². The maximum Gasteiger partial charge on any atom is 0.263 e. The maximum absolute atomic E-state index is 14.1. The number of methoxy groups -OCH3 is 1. The van der Waals surface area contributed by atoms with Crippen LogP contribution in [0.2, 0.25) is 0 Å². The van der Waals surface area contributed by atoms with Crippen molar-refractivity contribution in [3.05, 3.63) is 101 Å². The van der Waals surface area contributed by atoms with Gasteiger partial charge in [0.05, 0.1) is 43.9 Å². The summed E-state index contributed by atoms with van der Waals surface area (Å²) in [5, 5.41) is 0. The first-order valence-corrected chi connectivity index (χ1v) is 15.4. The van der Waals surface area contributed by atoms with E-state index in [0.717, 1.165) is 35.8 Å². The lowest BCUT2D eigenvalue weighted by atomic mass is 10.1. The summed E-state index contributed by atoms with van der Waals surface area (Å²) in [6.07, 6.45) is 10.3. The van der Waals surface area contributed by atoms with Gasteiger partial charge in [-0.05, 0) is 49.1 Å². The van der Waals surface area contributed by atoms with Gasteiger partial charge in [-0.25, -0.2) is 4.39 Å². The second-order valence-corrected chi connectivity index (χ2v) is 10.7. The lowest BCUT2D eigenvalue weighted by molar-refractivity contribution is 0.0669. The Morgan fingerprint density at radius 1 is 0.955 bits per heavy atom. The SMILES string of the molecule is CC.CC1CC1.CF.C\C=C(/C=C\C(C)=C\OC)CN1C(=O)c2cccc(N3CCN(Cc4ccccc4F)CC3)c2C1=O. The molecule has 44 heavy (non-hydrogen) atoms. The average Bonchev–Trinajstić information content (AvgIpc) is 3.81. The molecule has 240 valence electrons. The van der Waals surface area contributed by atoms with Crippen LogP contribution in [0.5, 0.6) is 0 Å². The van der Waals surface area contributed by atoms with Crippen LogP contribution in [0.25, 0.3) is 0 Å². The number of rotatable bonds is 8. The number of carbonyl (C=O) groups excluding carboxylic acids is 2. The summed E-state index contributed by atoms with van der Waals surface area (Å²) in [6, 6.07) is 12.3. The molecule has 0 spiro atoms. The Morgan fingerprint density at radius 3 is 2.16 bits per heavy atom. The van der Waals surface area contributed by atoms with Crippen molar-refractivity contribution in [2.24, 2.45) is 5.92 Å². The molecule has 0 radical (unpaired) electrons. The third-order valence-electron chi connectivity index (χ3n) is 7.48. The summed E-state index contributed by atoms with van der Waals surface area (Å²) in [4.78, 5) is 32.3. The fourth-order valence-electron chi connectivity index (χ4n) is 4.79. The van der Waals surface area contributed by atoms with Gasteiger partial charge in [0.25, 0.3) is 11.8 Å². The maximum atomic E-state index is 14.1. The quantitative estimate of drug-likeness (QED) is 0.174. The number of alkyl halides is 1. The number of hydrogen-bond donors (Lipinski definition) is 0. The molecule has 2 fully saturated rings. The van der Waals surface area contributed by atoms with Crippen LogP contribution in [0.3, 0.4) is 0 Å². The molecule has 6 nitrogen and oxygen atoms in total. The molecule has 2 heterocycles. The number of amides is 2. The van der Waals surface area contributed by atoms with Crippen LogP contribution in [0.1, 0.15) is 73.7 Å². The molecule has 5 rings (SSSR count). The van der Waals surface area contributed by atoms with E-state index in [2.05, 4.69) is 16.7 Å². The van der Waals surface area contributed by atoms with Gasteiger partial charge in [-0.3, -0.25) is 23.8 Å². The minimum atomic E-state index is -0.271. The standard InChI is InChI=1S/C29H32FN3O3.C4H8.C2H6.CH3F/c1-4-22(13-12-21(2)20-36-3)18-33-28(34)24-9-7-11-26(27(24)29(33)35)32-16-14-31(15-17-32)19-23-8-5-6-10-25(23)30;1-4-2-3-4;2*1-2/h4-13,20H,14-19H2,1-3H3;4H,2-3H2,1H3;1-2H3;1H3/b13-12-,21-20+,22-4+;;;. The number of imide groups is 1. The number of ether oxygens (including phenoxy) is 1. The van der Waals surface area contributed by atoms with E-state index in [1.54, 1.807) is 25.5 Å². The van der Waals surface area contributed by atoms with E-state index in [1.165, 1.54) is 23.8 Å². The molecular weight excluding hydrogens is 560 g/mol. The van der Waals surface area contributed by atoms with Crippen LogP contribution in [0, 0.1) is 11.7 Å². The summed E-state index contributed by atoms with van der Waals surface area (Å²) in [7, 11) is 2.09. The summed E-state index contributed by atoms with van der Waals surface area (Å²) >= 11 is 0. The minimum absolute atomic E-state index is 0.190. The van der Waals surface area contributed by atoms with Gasteiger partial charge in [-0.2, -0.15) is 0 Å². The Morgan fingerprint density at radius 2 is 1.59 bits per heavy atom. The number of halogens is 2. The number of piperazine rings is 1. The highest BCUT2D eigenvalue weighted by atomic mass is 19.1. The Balaban J connectivity index is 0.000000753. The highest BCUT2D eigenvalue weighted by Gasteiger charge is 2.38. The van der Waals surface area contributed by atoms with Gasteiger partial charge >= 0.3 is 0 Å². The molecule has 0 bridgehead atoms. The zero-order valence-electron chi connectivity index (χ0n) is 27.4. The molecule has 1 saturated heterocycles. The molecule has 8 heteroatoms. The van der Waals surface area contributed by atoms with Gasteiger partial charge in [0.2, 0.25) is 0 Å². The van der Waals surface area contributed by atoms with Gasteiger partial charge in [-0.1, -0.05) is 76.1 Å². The molecule has 2 amide bonds. The second kappa shape index (κ2) is 18.8. The highest BCUT2D eigenvalue weighted by Crippen LogP contribution is 2.33. The number of nitrogens with zero attached hydrogens (tertiary/aromatic N) is 3. The van der Waals surface area contributed by atoms with Crippen molar-refractivity contribution in [1.82, 2.24) is 9.80 Å². The number of carbonyl (C=O) groups is 2. The molecule has 2 aromatic rings. The molecule has 2 aliphatic heterocycles. The van der Waals surface area contributed by atoms with Crippen molar-refractivity contribution in [1.29, 1.82) is 0 Å². The first-order chi connectivity index (χ1) is 21.3. The number of allylic oxidation sites excluding steroid dienone is 3. The predicted octanol–water partition coefficient (Wildman–Crippen LogP) is 7.82. The van der Waals surface area contributed by atoms with Crippen LogP contribution in [0.4, 0.5) is 14.5 Å². The van der Waals surface area contributed by atoms with Crippen molar-refractivity contribution in [2.45, 2.75) is 54.0 Å². The molecule has 0 atom stereocenters. The first kappa shape index (κ1) is 36.4. The largest absolute Gasteiger partial charge is 0.504 e. The Hall–Kier alpha value is -3.78. The average molecular weight is 610 g/mol. The van der Waals surface area contributed by atoms with Crippen molar-refractivity contribution in [3.63, 3.8) is 0 Å². The van der Waals surface area contributed by atoms with E-state index in [-0.39, 0.29) is 24.2 Å². The van der Waals surface area contributed by atoms with Gasteiger partial charge in [0.15, 0.2) is 0 Å². The zero-order valence-corrected chi connectivity index (χ0v) is 27.4. The van der Waals surface area contributed by atoms with Crippen molar-refractivity contribution in [2.75, 3.05) is 51.9 Å². The predicted molar refractivity (Wildman–Crippen MR) is 176 cm³/mol. The lowest BCUT2D eigenvalue weighted by Crippen LogP contribution is -2.46. The fourth-order valence-corrected chi connectivity index (χ4v) is 4.79. The first-order valence-electron chi connectivity index (χ1n) is 15.4. The van der Waals surface area contributed by atoms with E-state index in [1.807, 2.05) is 70.2 Å². The van der Waals surface area contributed by atoms with Crippen LogP contribution >= 0.6 is 0 Å². The fraction of sp³-hybridized carbons (Fsp3) is 0.444. The molecule has 1 aliphatic carbocycles. The van der Waals surface area contributed by atoms with Gasteiger partial charge < -0.3 is 9.64 Å². The molecule has 2 aromatic carbocycles. The van der Waals surface area contributed by atoms with Gasteiger partial charge in [0.1, 0.15) is 5.82 Å². The number of anilines is 1. The van der Waals surface area contributed by atoms with Crippen LogP contribution in [-0.2, 0) is 11.3 Å². The topological polar surface area (TPSA) is 53.1 Å². The monoisotopic (exact) mass is 609 g/mol. The van der Waals surface area contributed by atoms with E-state index in [9.17, 15) is 18.4 Å². The number of hydrogen-bond acceptors (Lipinski definition) is 5. The molecule has 3 aliphatic rings. The Bertz CT molecular complexity index is 1310. The number of benzene rings is 2. The Labute approximate surface area is 262 Å².